The zero-order chi connectivity index (χ0) is 17.7. The summed E-state index contributed by atoms with van der Waals surface area (Å²) in [4.78, 5) is 26.2. The number of ether oxygens (including phenoxy) is 1. The van der Waals surface area contributed by atoms with E-state index in [1.54, 1.807) is 12.1 Å². The summed E-state index contributed by atoms with van der Waals surface area (Å²) >= 11 is 0. The summed E-state index contributed by atoms with van der Waals surface area (Å²) in [7, 11) is 0. The van der Waals surface area contributed by atoms with E-state index in [1.165, 1.54) is 17.9 Å². The number of nitrogens with zero attached hydrogens (tertiary/aromatic N) is 2. The van der Waals surface area contributed by atoms with Crippen LogP contribution in [0.25, 0.3) is 0 Å². The van der Waals surface area contributed by atoms with Gasteiger partial charge in [-0.25, -0.2) is 9.18 Å². The van der Waals surface area contributed by atoms with Crippen molar-refractivity contribution in [3.05, 3.63) is 24.0 Å². The minimum atomic E-state index is -0.548. The summed E-state index contributed by atoms with van der Waals surface area (Å²) in [5, 5.41) is 12.2. The second-order valence-electron chi connectivity index (χ2n) is 6.91. The minimum Gasteiger partial charge on any atom is -0.442 e. The monoisotopic (exact) mass is 349 g/mol. The van der Waals surface area contributed by atoms with Crippen LogP contribution in [0.4, 0.5) is 20.6 Å². The number of carbonyl (C=O) groups is 2. The van der Waals surface area contributed by atoms with Gasteiger partial charge in [-0.3, -0.25) is 9.69 Å². The molecule has 4 rings (SSSR count). The van der Waals surface area contributed by atoms with Crippen molar-refractivity contribution >= 4 is 23.4 Å². The number of rotatable bonds is 4. The molecule has 134 valence electrons. The van der Waals surface area contributed by atoms with Crippen molar-refractivity contribution in [2.45, 2.75) is 19.1 Å². The first-order valence-electron chi connectivity index (χ1n) is 8.39. The summed E-state index contributed by atoms with van der Waals surface area (Å²) < 4.78 is 19.7. The first kappa shape index (κ1) is 16.1. The van der Waals surface area contributed by atoms with Gasteiger partial charge >= 0.3 is 6.09 Å². The van der Waals surface area contributed by atoms with Crippen LogP contribution in [0.2, 0.25) is 0 Å². The molecule has 3 aliphatic rings. The molecule has 4 atom stereocenters. The fraction of sp³-hybridized carbons (Fsp3) is 0.529. The van der Waals surface area contributed by atoms with Crippen LogP contribution < -0.4 is 15.1 Å². The van der Waals surface area contributed by atoms with Crippen LogP contribution in [-0.4, -0.2) is 55.5 Å². The van der Waals surface area contributed by atoms with E-state index in [4.69, 9.17) is 4.74 Å². The maximum Gasteiger partial charge on any atom is 0.414 e. The number of hydrogen-bond acceptors (Lipinski definition) is 5. The Morgan fingerprint density at radius 3 is 2.72 bits per heavy atom. The first-order valence-corrected chi connectivity index (χ1v) is 8.39. The molecule has 8 heteroatoms. The Labute approximate surface area is 144 Å². The highest BCUT2D eigenvalue weighted by Gasteiger charge is 2.55. The molecular formula is C17H20FN3O4. The van der Waals surface area contributed by atoms with Crippen LogP contribution in [0.5, 0.6) is 0 Å². The molecule has 2 saturated heterocycles. The van der Waals surface area contributed by atoms with Crippen molar-refractivity contribution in [1.29, 1.82) is 0 Å². The molecule has 0 spiro atoms. The molecule has 1 saturated carbocycles. The third-order valence-electron chi connectivity index (χ3n) is 5.19. The number of anilines is 2. The Kier molecular flexibility index (Phi) is 3.79. The lowest BCUT2D eigenvalue weighted by molar-refractivity contribution is -0.119. The van der Waals surface area contributed by atoms with E-state index in [0.29, 0.717) is 24.5 Å². The molecule has 2 amide bonds. The quantitative estimate of drug-likeness (QED) is 0.837. The number of cyclic esters (lactones) is 1. The van der Waals surface area contributed by atoms with Gasteiger partial charge in [-0.15, -0.1) is 0 Å². The molecule has 1 unspecified atom stereocenters. The van der Waals surface area contributed by atoms with Gasteiger partial charge in [0.25, 0.3) is 0 Å². The predicted molar refractivity (Wildman–Crippen MR) is 87.9 cm³/mol. The second kappa shape index (κ2) is 5.87. The SMILES string of the molecule is CC(=O)NC[C@H]1CN(c2ccc(N3C[C@@H]4C(O)[C@@H]4C3)c(F)c2)C(=O)O1. The largest absolute Gasteiger partial charge is 0.442 e. The fourth-order valence-corrected chi connectivity index (χ4v) is 3.71. The van der Waals surface area contributed by atoms with E-state index in [9.17, 15) is 19.1 Å². The Bertz CT molecular complexity index is 716. The Morgan fingerprint density at radius 1 is 1.36 bits per heavy atom. The predicted octanol–water partition coefficient (Wildman–Crippen LogP) is 0.714. The lowest BCUT2D eigenvalue weighted by atomic mass is 10.2. The minimum absolute atomic E-state index is 0.196. The lowest BCUT2D eigenvalue weighted by Crippen LogP contribution is -2.33. The van der Waals surface area contributed by atoms with Gasteiger partial charge in [-0.1, -0.05) is 0 Å². The third-order valence-corrected chi connectivity index (χ3v) is 5.19. The maximum atomic E-state index is 14.5. The molecule has 2 aliphatic heterocycles. The molecule has 0 aromatic heterocycles. The van der Waals surface area contributed by atoms with Gasteiger partial charge in [-0.2, -0.15) is 0 Å². The molecule has 25 heavy (non-hydrogen) atoms. The molecule has 7 nitrogen and oxygen atoms in total. The highest BCUT2D eigenvalue weighted by molar-refractivity contribution is 5.90. The number of hydrogen-bond donors (Lipinski definition) is 2. The van der Waals surface area contributed by atoms with Gasteiger partial charge in [-0.05, 0) is 18.2 Å². The van der Waals surface area contributed by atoms with E-state index >= 15 is 0 Å². The summed E-state index contributed by atoms with van der Waals surface area (Å²) in [6.07, 6.45) is -1.24. The summed E-state index contributed by atoms with van der Waals surface area (Å²) in [5.74, 6) is -0.0885. The highest BCUT2D eigenvalue weighted by atomic mass is 19.1. The zero-order valence-corrected chi connectivity index (χ0v) is 13.8. The topological polar surface area (TPSA) is 82.1 Å². The average Bonchev–Trinajstić information content (AvgIpc) is 2.95. The number of fused-ring (bicyclic) bond motifs is 1. The third kappa shape index (κ3) is 2.90. The van der Waals surface area contributed by atoms with E-state index in [-0.39, 0.29) is 36.9 Å². The van der Waals surface area contributed by atoms with Gasteiger partial charge < -0.3 is 20.1 Å². The number of amides is 2. The lowest BCUT2D eigenvalue weighted by Gasteiger charge is -2.23. The van der Waals surface area contributed by atoms with Gasteiger partial charge in [0.2, 0.25) is 5.91 Å². The van der Waals surface area contributed by atoms with Crippen molar-refractivity contribution in [3.8, 4) is 0 Å². The van der Waals surface area contributed by atoms with Crippen molar-refractivity contribution in [1.82, 2.24) is 5.32 Å². The molecule has 2 N–H and O–H groups in total. The molecule has 1 aliphatic carbocycles. The van der Waals surface area contributed by atoms with Gasteiger partial charge in [0.15, 0.2) is 0 Å². The van der Waals surface area contributed by atoms with Gasteiger partial charge in [0.05, 0.1) is 30.6 Å². The molecule has 1 aromatic carbocycles. The van der Waals surface area contributed by atoms with Crippen molar-refractivity contribution in [3.63, 3.8) is 0 Å². The highest BCUT2D eigenvalue weighted by Crippen LogP contribution is 2.47. The Hall–Kier alpha value is -2.35. The van der Waals surface area contributed by atoms with Crippen LogP contribution >= 0.6 is 0 Å². The van der Waals surface area contributed by atoms with Crippen LogP contribution in [0.15, 0.2) is 18.2 Å². The van der Waals surface area contributed by atoms with E-state index in [1.807, 2.05) is 4.90 Å². The smallest absolute Gasteiger partial charge is 0.414 e. The molecule has 0 bridgehead atoms. The van der Waals surface area contributed by atoms with Gasteiger partial charge in [0, 0.05) is 31.8 Å². The number of benzene rings is 1. The normalized spacial score (nSPS) is 30.3. The molecule has 1 aromatic rings. The summed E-state index contributed by atoms with van der Waals surface area (Å²) in [6.45, 7) is 3.21. The Morgan fingerprint density at radius 2 is 2.08 bits per heavy atom. The number of carbonyl (C=O) groups excluding carboxylic acids is 2. The number of halogens is 1. The Balaban J connectivity index is 1.44. The summed E-state index contributed by atoms with van der Waals surface area (Å²) in [6, 6.07) is 4.69. The van der Waals surface area contributed by atoms with Crippen molar-refractivity contribution < 1.29 is 23.8 Å². The number of aliphatic hydroxyl groups is 1. The molecule has 0 radical (unpaired) electrons. The van der Waals surface area contributed by atoms with Crippen LogP contribution in [0.1, 0.15) is 6.92 Å². The van der Waals surface area contributed by atoms with Crippen molar-refractivity contribution in [2.24, 2.45) is 11.8 Å². The number of piperidine rings is 1. The molecule has 2 heterocycles. The fourth-order valence-electron chi connectivity index (χ4n) is 3.71. The van der Waals surface area contributed by atoms with E-state index in [2.05, 4.69) is 5.32 Å². The average molecular weight is 349 g/mol. The number of nitrogens with one attached hydrogen (secondary N) is 1. The molecular weight excluding hydrogens is 329 g/mol. The second-order valence-corrected chi connectivity index (χ2v) is 6.91. The zero-order valence-electron chi connectivity index (χ0n) is 13.8. The van der Waals surface area contributed by atoms with Crippen LogP contribution in [0.3, 0.4) is 0 Å². The summed E-state index contributed by atoms with van der Waals surface area (Å²) in [5.41, 5.74) is 0.923. The van der Waals surface area contributed by atoms with Gasteiger partial charge in [0.1, 0.15) is 11.9 Å². The van der Waals surface area contributed by atoms with Crippen LogP contribution in [-0.2, 0) is 9.53 Å². The van der Waals surface area contributed by atoms with Crippen LogP contribution in [0, 0.1) is 17.7 Å². The van der Waals surface area contributed by atoms with E-state index < -0.39 is 18.0 Å². The first-order chi connectivity index (χ1) is 11.9. The van der Waals surface area contributed by atoms with E-state index in [0.717, 1.165) is 0 Å². The standard InChI is InChI=1S/C17H20FN3O4/c1-9(22)19-5-11-6-21(17(24)25-11)10-2-3-15(14(18)4-10)20-7-12-13(8-20)16(12)23/h2-4,11-13,16,23H,5-8H2,1H3,(H,19,22)/t11-,12-,13+,16?/m0/s1. The number of aliphatic hydroxyl groups excluding tert-OH is 1. The molecule has 3 fully saturated rings. The van der Waals surface area contributed by atoms with Crippen molar-refractivity contribution in [2.75, 3.05) is 36.0 Å². The maximum absolute atomic E-state index is 14.5.